The van der Waals surface area contributed by atoms with E-state index in [1.165, 1.54) is 0 Å². The Morgan fingerprint density at radius 2 is 0.933 bits per heavy atom. The van der Waals surface area contributed by atoms with Crippen LogP contribution in [-0.4, -0.2) is 4.89 Å². The van der Waals surface area contributed by atoms with Crippen molar-refractivity contribution in [1.82, 2.24) is 0 Å². The maximum atomic E-state index is 11.9. The average molecular weight is 425 g/mol. The van der Waals surface area contributed by atoms with Crippen LogP contribution in [0.25, 0.3) is 0 Å². The van der Waals surface area contributed by atoms with Gasteiger partial charge < -0.3 is 0 Å². The van der Waals surface area contributed by atoms with Crippen LogP contribution in [0, 0.1) is 0 Å². The molecule has 0 aromatic heterocycles. The number of rotatable bonds is 5. The first-order valence-electron chi connectivity index (χ1n) is 10.4. The number of para-hydroxylation sites is 2. The third-order valence-corrected chi connectivity index (χ3v) is 7.08. The molecule has 3 rings (SSSR count). The summed E-state index contributed by atoms with van der Waals surface area (Å²) in [5, 5.41) is 0.664. The summed E-state index contributed by atoms with van der Waals surface area (Å²) in [6.45, 7) is 12.8. The van der Waals surface area contributed by atoms with Crippen LogP contribution in [0.1, 0.15) is 52.7 Å². The zero-order valence-electron chi connectivity index (χ0n) is 18.8. The van der Waals surface area contributed by atoms with Crippen LogP contribution in [-0.2, 0) is 10.8 Å². The van der Waals surface area contributed by atoms with Crippen molar-refractivity contribution in [3.05, 3.63) is 90.0 Å². The summed E-state index contributed by atoms with van der Waals surface area (Å²) in [7, 11) is -3.83. The van der Waals surface area contributed by atoms with Crippen molar-refractivity contribution in [2.45, 2.75) is 52.4 Å². The van der Waals surface area contributed by atoms with Crippen LogP contribution in [0.2, 0.25) is 0 Å². The van der Waals surface area contributed by atoms with Gasteiger partial charge in [-0.25, -0.2) is 0 Å². The Morgan fingerprint density at radius 3 is 1.33 bits per heavy atom. The van der Waals surface area contributed by atoms with Crippen molar-refractivity contribution < 1.29 is 13.9 Å². The van der Waals surface area contributed by atoms with Gasteiger partial charge in [0.05, 0.1) is 0 Å². The van der Waals surface area contributed by atoms with Gasteiger partial charge in [0, 0.05) is 0 Å². The topological polar surface area (TPSA) is 38.7 Å². The SMILES string of the molecule is CC(C)(C)c1ccccc1O[PH](O)(Oc1ccccc1C(C)(C)C)c1ccccc1. The Bertz CT molecular complexity index is 925. The molecule has 0 bridgehead atoms. The fraction of sp³-hybridized carbons (Fsp3) is 0.308. The van der Waals surface area contributed by atoms with Gasteiger partial charge in [0.25, 0.3) is 0 Å². The average Bonchev–Trinajstić information content (AvgIpc) is 2.68. The Labute approximate surface area is 181 Å². The van der Waals surface area contributed by atoms with Crippen molar-refractivity contribution in [2.24, 2.45) is 0 Å². The van der Waals surface area contributed by atoms with Crippen LogP contribution in [0.15, 0.2) is 78.9 Å². The molecule has 0 atom stereocenters. The zero-order chi connectivity index (χ0) is 22.0. The minimum absolute atomic E-state index is 0.133. The van der Waals surface area contributed by atoms with E-state index in [1.807, 2.05) is 78.9 Å². The van der Waals surface area contributed by atoms with E-state index in [9.17, 15) is 4.89 Å². The number of hydrogen-bond acceptors (Lipinski definition) is 3. The molecule has 1 N–H and O–H groups in total. The molecule has 0 fully saturated rings. The van der Waals surface area contributed by atoms with Crippen molar-refractivity contribution >= 4 is 13.2 Å². The molecule has 0 aliphatic heterocycles. The third kappa shape index (κ3) is 5.03. The summed E-state index contributed by atoms with van der Waals surface area (Å²) in [6, 6.07) is 25.2. The molecule has 0 heterocycles. The van der Waals surface area contributed by atoms with Gasteiger partial charge in [-0.15, -0.1) is 0 Å². The van der Waals surface area contributed by atoms with Gasteiger partial charge in [-0.2, -0.15) is 0 Å². The van der Waals surface area contributed by atoms with Gasteiger partial charge in [-0.1, -0.05) is 0 Å². The molecule has 0 radical (unpaired) electrons. The van der Waals surface area contributed by atoms with Crippen LogP contribution in [0.3, 0.4) is 0 Å². The predicted molar refractivity (Wildman–Crippen MR) is 128 cm³/mol. The number of hydrogen-bond donors (Lipinski definition) is 1. The van der Waals surface area contributed by atoms with Gasteiger partial charge in [0.1, 0.15) is 0 Å². The molecular weight excluding hydrogens is 391 g/mol. The number of benzene rings is 3. The molecule has 0 saturated carbocycles. The van der Waals surface area contributed by atoms with E-state index in [-0.39, 0.29) is 10.8 Å². The van der Waals surface area contributed by atoms with Crippen LogP contribution >= 0.6 is 7.94 Å². The first-order valence-corrected chi connectivity index (χ1v) is 12.1. The van der Waals surface area contributed by atoms with Crippen molar-refractivity contribution in [3.8, 4) is 11.5 Å². The van der Waals surface area contributed by atoms with Crippen LogP contribution in [0.4, 0.5) is 0 Å². The summed E-state index contributed by atoms with van der Waals surface area (Å²) >= 11 is 0. The van der Waals surface area contributed by atoms with E-state index >= 15 is 0 Å². The van der Waals surface area contributed by atoms with E-state index < -0.39 is 7.94 Å². The Hall–Kier alpha value is -2.35. The Kier molecular flexibility index (Phi) is 6.26. The molecule has 160 valence electrons. The molecule has 3 nitrogen and oxygen atoms in total. The van der Waals surface area contributed by atoms with E-state index in [4.69, 9.17) is 9.05 Å². The molecule has 0 saturated heterocycles. The van der Waals surface area contributed by atoms with Crippen LogP contribution < -0.4 is 14.4 Å². The van der Waals surface area contributed by atoms with Gasteiger partial charge in [0.15, 0.2) is 0 Å². The molecular formula is C26H33O3P. The Balaban J connectivity index is 2.10. The Morgan fingerprint density at radius 1 is 0.567 bits per heavy atom. The van der Waals surface area contributed by atoms with E-state index in [0.717, 1.165) is 11.1 Å². The standard InChI is InChI=1S/C26H33O3P/c1-25(2,3)21-16-10-12-18-23(21)28-30(27,20-14-8-7-9-15-20)29-24-19-13-11-17-22(24)26(4,5)6/h7-19,27,30H,1-6H3. The zero-order valence-corrected chi connectivity index (χ0v) is 19.8. The van der Waals surface area contributed by atoms with Gasteiger partial charge in [-0.05, 0) is 0 Å². The van der Waals surface area contributed by atoms with E-state index in [0.29, 0.717) is 16.8 Å². The second kappa shape index (κ2) is 8.41. The quantitative estimate of drug-likeness (QED) is 0.472. The summed E-state index contributed by atoms with van der Waals surface area (Å²) in [5.74, 6) is 1.30. The predicted octanol–water partition coefficient (Wildman–Crippen LogP) is 6.55. The fourth-order valence-electron chi connectivity index (χ4n) is 3.44. The first kappa shape index (κ1) is 22.3. The fourth-order valence-corrected chi connectivity index (χ4v) is 5.28. The first-order chi connectivity index (χ1) is 14.0. The van der Waals surface area contributed by atoms with Gasteiger partial charge in [0.2, 0.25) is 0 Å². The van der Waals surface area contributed by atoms with Gasteiger partial charge in [-0.3, -0.25) is 0 Å². The molecule has 0 amide bonds. The summed E-state index contributed by atoms with van der Waals surface area (Å²) in [5.41, 5.74) is 1.79. The van der Waals surface area contributed by atoms with Gasteiger partial charge >= 0.3 is 181 Å². The van der Waals surface area contributed by atoms with E-state index in [2.05, 4.69) is 41.5 Å². The third-order valence-electron chi connectivity index (χ3n) is 5.03. The minimum atomic E-state index is -3.83. The van der Waals surface area contributed by atoms with Crippen molar-refractivity contribution in [1.29, 1.82) is 0 Å². The molecule has 0 unspecified atom stereocenters. The van der Waals surface area contributed by atoms with Crippen LogP contribution in [0.5, 0.6) is 11.5 Å². The molecule has 3 aromatic rings. The molecule has 4 heteroatoms. The summed E-state index contributed by atoms with van der Waals surface area (Å²) in [4.78, 5) is 11.9. The monoisotopic (exact) mass is 424 g/mol. The molecule has 0 aliphatic rings. The second-order valence-corrected chi connectivity index (χ2v) is 11.8. The summed E-state index contributed by atoms with van der Waals surface area (Å²) in [6.07, 6.45) is 0. The molecule has 0 spiro atoms. The van der Waals surface area contributed by atoms with Crippen molar-refractivity contribution in [2.75, 3.05) is 0 Å². The maximum absolute atomic E-state index is 11.9. The normalized spacial score (nSPS) is 13.0. The second-order valence-electron chi connectivity index (χ2n) is 9.64. The van der Waals surface area contributed by atoms with Crippen molar-refractivity contribution in [3.63, 3.8) is 0 Å². The molecule has 3 aromatic carbocycles. The summed E-state index contributed by atoms with van der Waals surface area (Å²) < 4.78 is 12.8. The molecule has 0 aliphatic carbocycles. The molecule has 30 heavy (non-hydrogen) atoms. The van der Waals surface area contributed by atoms with E-state index in [1.54, 1.807) is 0 Å².